The summed E-state index contributed by atoms with van der Waals surface area (Å²) in [6.07, 6.45) is -9.77. The number of nitrogens with zero attached hydrogens (tertiary/aromatic N) is 3. The Morgan fingerprint density at radius 2 is 1.43 bits per heavy atom. The largest absolute Gasteiger partial charge is 0.416 e. The van der Waals surface area contributed by atoms with Crippen LogP contribution in [0.1, 0.15) is 54.0 Å². The average Bonchev–Trinajstić information content (AvgIpc) is 2.90. The molecule has 2 heterocycles. The van der Waals surface area contributed by atoms with E-state index in [2.05, 4.69) is 4.90 Å². The summed E-state index contributed by atoms with van der Waals surface area (Å²) in [7, 11) is 1.46. The Bertz CT molecular complexity index is 1420. The van der Waals surface area contributed by atoms with E-state index in [1.54, 1.807) is 13.0 Å². The zero-order valence-corrected chi connectivity index (χ0v) is 24.5. The van der Waals surface area contributed by atoms with Gasteiger partial charge in [-0.2, -0.15) is 26.3 Å². The first kappa shape index (κ1) is 33.2. The molecule has 240 valence electrons. The number of likely N-dealkylation sites (N-methyl/N-ethyl adjacent to an activating group) is 1. The molecule has 2 aliphatic rings. The van der Waals surface area contributed by atoms with Crippen molar-refractivity contribution in [2.24, 2.45) is 5.73 Å². The molecule has 44 heavy (non-hydrogen) atoms. The minimum Gasteiger partial charge on any atom is -0.361 e. The van der Waals surface area contributed by atoms with E-state index in [9.17, 15) is 45.1 Å². The second-order valence-corrected chi connectivity index (χ2v) is 12.0. The van der Waals surface area contributed by atoms with Gasteiger partial charge in [0.1, 0.15) is 5.82 Å². The first-order chi connectivity index (χ1) is 20.2. The summed E-state index contributed by atoms with van der Waals surface area (Å²) in [5.74, 6) is -3.42. The number of aryl methyl sites for hydroxylation is 1. The zero-order valence-electron chi connectivity index (χ0n) is 24.5. The summed E-state index contributed by atoms with van der Waals surface area (Å²) in [5, 5.41) is 0. The molecular weight excluding hydrogens is 597 g/mol. The van der Waals surface area contributed by atoms with Gasteiger partial charge in [-0.05, 0) is 74.2 Å². The van der Waals surface area contributed by atoms with Gasteiger partial charge in [0.15, 0.2) is 0 Å². The Hall–Kier alpha value is -3.68. The van der Waals surface area contributed by atoms with Gasteiger partial charge in [-0.15, -0.1) is 0 Å². The van der Waals surface area contributed by atoms with Crippen molar-refractivity contribution in [2.45, 2.75) is 63.0 Å². The predicted molar refractivity (Wildman–Crippen MR) is 146 cm³/mol. The summed E-state index contributed by atoms with van der Waals surface area (Å²) in [4.78, 5) is 41.9. The van der Waals surface area contributed by atoms with Crippen LogP contribution < -0.4 is 5.73 Å². The summed E-state index contributed by atoms with van der Waals surface area (Å²) in [6.45, 7) is 5.62. The highest BCUT2D eigenvalue weighted by Gasteiger charge is 2.46. The molecule has 2 atom stereocenters. The molecule has 0 spiro atoms. The van der Waals surface area contributed by atoms with Crippen molar-refractivity contribution >= 4 is 17.7 Å². The molecule has 0 aromatic heterocycles. The molecule has 0 unspecified atom stereocenters. The van der Waals surface area contributed by atoms with Gasteiger partial charge in [-0.3, -0.25) is 19.3 Å². The summed E-state index contributed by atoms with van der Waals surface area (Å²) in [5.41, 5.74) is 1.19. The molecule has 7 nitrogen and oxygen atoms in total. The van der Waals surface area contributed by atoms with Crippen LogP contribution in [0.25, 0.3) is 0 Å². The van der Waals surface area contributed by atoms with Crippen molar-refractivity contribution in [1.29, 1.82) is 0 Å². The van der Waals surface area contributed by atoms with Crippen LogP contribution in [0.2, 0.25) is 0 Å². The molecule has 0 aliphatic carbocycles. The number of carbonyl (C=O) groups excluding carboxylic acids is 3. The smallest absolute Gasteiger partial charge is 0.361 e. The summed E-state index contributed by atoms with van der Waals surface area (Å²) >= 11 is 0. The molecule has 2 aromatic rings. The number of benzene rings is 2. The number of rotatable bonds is 5. The number of carbonyl (C=O) groups is 3. The van der Waals surface area contributed by atoms with Crippen LogP contribution in [-0.2, 0) is 32.2 Å². The maximum Gasteiger partial charge on any atom is 0.416 e. The number of halogens is 7. The van der Waals surface area contributed by atoms with Gasteiger partial charge in [0.2, 0.25) is 5.91 Å². The molecule has 0 bridgehead atoms. The Morgan fingerprint density at radius 1 is 0.886 bits per heavy atom. The normalized spacial score (nSPS) is 20.3. The number of piperidine rings is 1. The van der Waals surface area contributed by atoms with Crippen LogP contribution in [0.15, 0.2) is 36.4 Å². The van der Waals surface area contributed by atoms with Crippen molar-refractivity contribution in [1.82, 2.24) is 14.7 Å². The minimum absolute atomic E-state index is 0.0232. The second kappa shape index (κ2) is 11.7. The van der Waals surface area contributed by atoms with E-state index in [4.69, 9.17) is 5.73 Å². The van der Waals surface area contributed by atoms with Crippen LogP contribution in [0.3, 0.4) is 0 Å². The SMILES string of the molecule is Cc1cc(F)ccc1[C@H]1CN(C2CN(C(=O)C(N)=O)C2)CC[C@@H]1N(C)C(=O)C(C)(C)c1cc(C(F)(F)F)cc(C(F)(F)F)c1. The van der Waals surface area contributed by atoms with Crippen molar-refractivity contribution in [3.63, 3.8) is 0 Å². The first-order valence-electron chi connectivity index (χ1n) is 13.9. The lowest BCUT2D eigenvalue weighted by molar-refractivity contribution is -0.150. The lowest BCUT2D eigenvalue weighted by Crippen LogP contribution is -2.65. The fraction of sp³-hybridized carbons (Fsp3) is 0.500. The topological polar surface area (TPSA) is 86.9 Å². The number of primary amides is 1. The van der Waals surface area contributed by atoms with E-state index in [0.717, 1.165) is 5.56 Å². The van der Waals surface area contributed by atoms with Crippen LogP contribution >= 0.6 is 0 Å². The number of amides is 3. The first-order valence-corrected chi connectivity index (χ1v) is 13.9. The molecule has 2 N–H and O–H groups in total. The van der Waals surface area contributed by atoms with Gasteiger partial charge in [-0.1, -0.05) is 6.07 Å². The summed E-state index contributed by atoms with van der Waals surface area (Å²) in [6, 6.07) is 4.74. The Balaban J connectivity index is 1.65. The van der Waals surface area contributed by atoms with Crippen molar-refractivity contribution in [3.05, 3.63) is 70.0 Å². The van der Waals surface area contributed by atoms with Crippen LogP contribution in [0, 0.1) is 12.7 Å². The molecule has 0 saturated carbocycles. The molecular formula is C30H33F7N4O3. The minimum atomic E-state index is -5.07. The molecule has 2 saturated heterocycles. The quantitative estimate of drug-likeness (QED) is 0.391. The Labute approximate surface area is 249 Å². The Kier molecular flexibility index (Phi) is 8.82. The van der Waals surface area contributed by atoms with E-state index < -0.39 is 70.0 Å². The average molecular weight is 631 g/mol. The van der Waals surface area contributed by atoms with Crippen LogP contribution in [-0.4, -0.2) is 77.7 Å². The number of nitrogens with two attached hydrogens (primary N) is 1. The second-order valence-electron chi connectivity index (χ2n) is 12.0. The van der Waals surface area contributed by atoms with Gasteiger partial charge in [0, 0.05) is 51.2 Å². The van der Waals surface area contributed by atoms with Gasteiger partial charge < -0.3 is 15.5 Å². The van der Waals surface area contributed by atoms with E-state index in [0.29, 0.717) is 37.2 Å². The molecule has 4 rings (SSSR count). The van der Waals surface area contributed by atoms with Gasteiger partial charge in [0.25, 0.3) is 0 Å². The molecule has 2 fully saturated rings. The van der Waals surface area contributed by atoms with E-state index in [1.807, 2.05) is 0 Å². The number of hydrogen-bond donors (Lipinski definition) is 1. The third-order valence-corrected chi connectivity index (χ3v) is 8.78. The van der Waals surface area contributed by atoms with Crippen LogP contribution in [0.5, 0.6) is 0 Å². The standard InChI is InChI=1S/C30H33F7N4O3/c1-16-9-20(31)5-6-22(16)23-15-40(21-13-41(14-21)26(43)25(38)42)8-7-24(23)39(4)27(44)28(2,3)17-10-18(29(32,33)34)12-19(11-17)30(35,36)37/h5-6,9-12,21,23-24H,7-8,13-15H2,1-4H3,(H2,38,42)/t23-,24+/m1/s1. The fourth-order valence-corrected chi connectivity index (χ4v) is 6.16. The molecule has 0 radical (unpaired) electrons. The number of likely N-dealkylation sites (tertiary alicyclic amines) is 2. The molecule has 2 aliphatic heterocycles. The van der Waals surface area contributed by atoms with E-state index >= 15 is 0 Å². The van der Waals surface area contributed by atoms with Gasteiger partial charge in [0.05, 0.1) is 16.5 Å². The maximum atomic E-state index is 14.0. The van der Waals surface area contributed by atoms with Crippen molar-refractivity contribution in [3.8, 4) is 0 Å². The highest BCUT2D eigenvalue weighted by molar-refractivity contribution is 6.34. The van der Waals surface area contributed by atoms with Crippen molar-refractivity contribution in [2.75, 3.05) is 33.2 Å². The lowest BCUT2D eigenvalue weighted by Gasteiger charge is -2.51. The maximum absolute atomic E-state index is 14.0. The molecule has 3 amide bonds. The summed E-state index contributed by atoms with van der Waals surface area (Å²) < 4.78 is 95.5. The zero-order chi connectivity index (χ0) is 32.9. The fourth-order valence-electron chi connectivity index (χ4n) is 6.16. The highest BCUT2D eigenvalue weighted by atomic mass is 19.4. The highest BCUT2D eigenvalue weighted by Crippen LogP contribution is 2.41. The van der Waals surface area contributed by atoms with E-state index in [1.165, 1.54) is 42.8 Å². The van der Waals surface area contributed by atoms with Crippen molar-refractivity contribution < 1.29 is 45.1 Å². The number of hydrogen-bond acceptors (Lipinski definition) is 4. The lowest BCUT2D eigenvalue weighted by atomic mass is 9.78. The number of alkyl halides is 6. The van der Waals surface area contributed by atoms with E-state index in [-0.39, 0.29) is 25.2 Å². The third kappa shape index (κ3) is 6.54. The molecule has 2 aromatic carbocycles. The predicted octanol–water partition coefficient (Wildman–Crippen LogP) is 4.46. The van der Waals surface area contributed by atoms with Gasteiger partial charge in [-0.25, -0.2) is 4.39 Å². The van der Waals surface area contributed by atoms with Gasteiger partial charge >= 0.3 is 24.2 Å². The monoisotopic (exact) mass is 630 g/mol. The van der Waals surface area contributed by atoms with Crippen LogP contribution in [0.4, 0.5) is 30.7 Å². The third-order valence-electron chi connectivity index (χ3n) is 8.78. The Morgan fingerprint density at radius 3 is 1.93 bits per heavy atom. The molecule has 14 heteroatoms.